The van der Waals surface area contributed by atoms with E-state index in [-0.39, 0.29) is 11.8 Å². The summed E-state index contributed by atoms with van der Waals surface area (Å²) in [6.45, 7) is 2.52. The third kappa shape index (κ3) is 2.94. The van der Waals surface area contributed by atoms with Crippen LogP contribution in [0.2, 0.25) is 0 Å². The van der Waals surface area contributed by atoms with Crippen LogP contribution in [0.3, 0.4) is 0 Å². The van der Waals surface area contributed by atoms with Crippen molar-refractivity contribution in [1.82, 2.24) is 20.1 Å². The van der Waals surface area contributed by atoms with Crippen molar-refractivity contribution in [1.29, 1.82) is 0 Å². The summed E-state index contributed by atoms with van der Waals surface area (Å²) >= 11 is 0. The first-order valence-electron chi connectivity index (χ1n) is 9.07. The van der Waals surface area contributed by atoms with Gasteiger partial charge in [-0.3, -0.25) is 14.7 Å². The van der Waals surface area contributed by atoms with E-state index in [1.165, 1.54) is 0 Å². The van der Waals surface area contributed by atoms with Crippen molar-refractivity contribution in [2.45, 2.75) is 31.1 Å². The summed E-state index contributed by atoms with van der Waals surface area (Å²) in [4.78, 5) is 31.4. The topological polar surface area (TPSA) is 114 Å². The van der Waals surface area contributed by atoms with Crippen LogP contribution in [0.1, 0.15) is 36.0 Å². The number of ether oxygens (including phenoxy) is 1. The van der Waals surface area contributed by atoms with Crippen molar-refractivity contribution in [3.05, 3.63) is 41.5 Å². The molecule has 0 bridgehead atoms. The number of nitrogens with one attached hydrogen (secondary N) is 1. The largest absolute Gasteiger partial charge is 0.497 e. The SMILES string of the molecule is COc1ccc(C2(C(=O)N3C[C@@H](C(N)=O)[C@H](c4n[nH]c(C)n4)C3)CC2)cc1. The van der Waals surface area contributed by atoms with E-state index < -0.39 is 17.2 Å². The first kappa shape index (κ1) is 17.5. The number of benzene rings is 1. The molecule has 1 aromatic carbocycles. The molecule has 2 aromatic rings. The number of nitrogens with two attached hydrogens (primary N) is 1. The number of aromatic amines is 1. The standard InChI is InChI=1S/C19H23N5O3/c1-11-21-17(23-22-11)15-10-24(9-14(15)16(20)25)18(26)19(7-8-19)12-3-5-13(27-2)6-4-12/h3-6,14-15H,7-10H2,1-2H3,(H2,20,25)(H,21,22,23)/t14-,15-/m1/s1. The lowest BCUT2D eigenvalue weighted by Crippen LogP contribution is -2.38. The second-order valence-corrected chi connectivity index (χ2v) is 7.42. The highest BCUT2D eigenvalue weighted by Gasteiger charge is 2.55. The van der Waals surface area contributed by atoms with Gasteiger partial charge in [0.25, 0.3) is 0 Å². The lowest BCUT2D eigenvalue weighted by molar-refractivity contribution is -0.133. The van der Waals surface area contributed by atoms with E-state index >= 15 is 0 Å². The molecule has 0 radical (unpaired) electrons. The highest BCUT2D eigenvalue weighted by Crippen LogP contribution is 2.51. The number of carbonyl (C=O) groups is 2. The average Bonchev–Trinajstić information content (AvgIpc) is 3.16. The number of amides is 2. The zero-order chi connectivity index (χ0) is 19.2. The van der Waals surface area contributed by atoms with Gasteiger partial charge >= 0.3 is 0 Å². The quantitative estimate of drug-likeness (QED) is 0.812. The number of primary amides is 1. The van der Waals surface area contributed by atoms with Gasteiger partial charge in [-0.2, -0.15) is 5.10 Å². The Morgan fingerprint density at radius 1 is 1.26 bits per heavy atom. The third-order valence-electron chi connectivity index (χ3n) is 5.72. The Hall–Kier alpha value is -2.90. The van der Waals surface area contributed by atoms with Gasteiger partial charge < -0.3 is 15.4 Å². The molecule has 2 atom stereocenters. The number of hydrogen-bond acceptors (Lipinski definition) is 5. The normalized spacial score (nSPS) is 23.3. The predicted molar refractivity (Wildman–Crippen MR) is 97.0 cm³/mol. The summed E-state index contributed by atoms with van der Waals surface area (Å²) in [7, 11) is 1.62. The van der Waals surface area contributed by atoms with Crippen LogP contribution in [0.4, 0.5) is 0 Å². The van der Waals surface area contributed by atoms with Crippen LogP contribution in [0.25, 0.3) is 0 Å². The minimum absolute atomic E-state index is 0.0497. The Morgan fingerprint density at radius 2 is 1.96 bits per heavy atom. The molecule has 1 aromatic heterocycles. The molecular formula is C19H23N5O3. The summed E-state index contributed by atoms with van der Waals surface area (Å²) in [6.07, 6.45) is 1.61. The first-order chi connectivity index (χ1) is 12.9. The van der Waals surface area contributed by atoms with Crippen LogP contribution in [0, 0.1) is 12.8 Å². The van der Waals surface area contributed by atoms with Crippen LogP contribution in [0.15, 0.2) is 24.3 Å². The van der Waals surface area contributed by atoms with E-state index in [1.807, 2.05) is 24.3 Å². The molecule has 2 fully saturated rings. The zero-order valence-corrected chi connectivity index (χ0v) is 15.4. The van der Waals surface area contributed by atoms with Gasteiger partial charge in [-0.25, -0.2) is 4.98 Å². The molecule has 4 rings (SSSR count). The maximum absolute atomic E-state index is 13.3. The summed E-state index contributed by atoms with van der Waals surface area (Å²) < 4.78 is 5.20. The summed E-state index contributed by atoms with van der Waals surface area (Å²) in [5.74, 6) is 0.854. The molecule has 8 nitrogen and oxygen atoms in total. The second kappa shape index (κ2) is 6.37. The van der Waals surface area contributed by atoms with Crippen LogP contribution in [-0.4, -0.2) is 52.1 Å². The molecule has 8 heteroatoms. The lowest BCUT2D eigenvalue weighted by atomic mass is 9.94. The van der Waals surface area contributed by atoms with Crippen LogP contribution >= 0.6 is 0 Å². The monoisotopic (exact) mass is 369 g/mol. The van der Waals surface area contributed by atoms with E-state index in [2.05, 4.69) is 15.2 Å². The molecule has 2 heterocycles. The Bertz CT molecular complexity index is 872. The van der Waals surface area contributed by atoms with Crippen molar-refractivity contribution in [2.24, 2.45) is 11.7 Å². The molecule has 2 aliphatic rings. The van der Waals surface area contributed by atoms with Crippen LogP contribution in [-0.2, 0) is 15.0 Å². The molecule has 0 unspecified atom stereocenters. The molecular weight excluding hydrogens is 346 g/mol. The molecule has 1 saturated carbocycles. The third-order valence-corrected chi connectivity index (χ3v) is 5.72. The Balaban J connectivity index is 1.57. The Morgan fingerprint density at radius 3 is 2.48 bits per heavy atom. The van der Waals surface area contributed by atoms with Crippen molar-refractivity contribution < 1.29 is 14.3 Å². The number of methoxy groups -OCH3 is 1. The van der Waals surface area contributed by atoms with E-state index in [9.17, 15) is 9.59 Å². The molecule has 27 heavy (non-hydrogen) atoms. The number of carbonyl (C=O) groups excluding carboxylic acids is 2. The average molecular weight is 369 g/mol. The van der Waals surface area contributed by atoms with E-state index in [0.29, 0.717) is 24.7 Å². The van der Waals surface area contributed by atoms with Crippen molar-refractivity contribution in [3.63, 3.8) is 0 Å². The molecule has 1 aliphatic carbocycles. The van der Waals surface area contributed by atoms with Gasteiger partial charge in [0.15, 0.2) is 5.82 Å². The van der Waals surface area contributed by atoms with Gasteiger partial charge in [0.1, 0.15) is 11.6 Å². The molecule has 3 N–H and O–H groups in total. The molecule has 1 saturated heterocycles. The number of hydrogen-bond donors (Lipinski definition) is 2. The Kier molecular flexibility index (Phi) is 4.13. The van der Waals surface area contributed by atoms with E-state index in [0.717, 1.165) is 24.2 Å². The number of likely N-dealkylation sites (tertiary alicyclic amines) is 1. The highest BCUT2D eigenvalue weighted by molar-refractivity contribution is 5.92. The van der Waals surface area contributed by atoms with Gasteiger partial charge in [0.2, 0.25) is 11.8 Å². The minimum Gasteiger partial charge on any atom is -0.497 e. The fourth-order valence-corrected chi connectivity index (χ4v) is 4.01. The van der Waals surface area contributed by atoms with Gasteiger partial charge in [0, 0.05) is 13.1 Å². The lowest BCUT2D eigenvalue weighted by Gasteiger charge is -2.23. The van der Waals surface area contributed by atoms with Gasteiger partial charge in [-0.05, 0) is 37.5 Å². The number of H-pyrrole nitrogens is 1. The zero-order valence-electron chi connectivity index (χ0n) is 15.4. The van der Waals surface area contributed by atoms with Crippen molar-refractivity contribution in [3.8, 4) is 5.75 Å². The van der Waals surface area contributed by atoms with Crippen molar-refractivity contribution >= 4 is 11.8 Å². The maximum atomic E-state index is 13.3. The number of aromatic nitrogens is 3. The summed E-state index contributed by atoms with van der Waals surface area (Å²) in [6, 6.07) is 7.64. The molecule has 2 amide bonds. The summed E-state index contributed by atoms with van der Waals surface area (Å²) in [5, 5.41) is 6.98. The summed E-state index contributed by atoms with van der Waals surface area (Å²) in [5.41, 5.74) is 6.09. The highest BCUT2D eigenvalue weighted by atomic mass is 16.5. The van der Waals surface area contributed by atoms with Crippen LogP contribution < -0.4 is 10.5 Å². The number of rotatable bonds is 5. The smallest absolute Gasteiger partial charge is 0.233 e. The molecule has 0 spiro atoms. The maximum Gasteiger partial charge on any atom is 0.233 e. The number of aryl methyl sites for hydroxylation is 1. The Labute approximate surface area is 157 Å². The van der Waals surface area contributed by atoms with Gasteiger partial charge in [-0.1, -0.05) is 12.1 Å². The van der Waals surface area contributed by atoms with E-state index in [1.54, 1.807) is 18.9 Å². The minimum atomic E-state index is -0.502. The molecule has 1 aliphatic heterocycles. The fraction of sp³-hybridized carbons (Fsp3) is 0.474. The first-order valence-corrected chi connectivity index (χ1v) is 9.07. The fourth-order valence-electron chi connectivity index (χ4n) is 4.01. The predicted octanol–water partition coefficient (Wildman–Crippen LogP) is 0.881. The number of nitrogens with zero attached hydrogens (tertiary/aromatic N) is 3. The molecule has 142 valence electrons. The van der Waals surface area contributed by atoms with Gasteiger partial charge in [-0.15, -0.1) is 0 Å². The van der Waals surface area contributed by atoms with Crippen LogP contribution in [0.5, 0.6) is 5.75 Å². The van der Waals surface area contributed by atoms with E-state index in [4.69, 9.17) is 10.5 Å². The van der Waals surface area contributed by atoms with Crippen molar-refractivity contribution in [2.75, 3.05) is 20.2 Å². The second-order valence-electron chi connectivity index (χ2n) is 7.42. The van der Waals surface area contributed by atoms with Gasteiger partial charge in [0.05, 0.1) is 24.4 Å².